The highest BCUT2D eigenvalue weighted by molar-refractivity contribution is 5.94. The number of aromatic amines is 1. The first-order chi connectivity index (χ1) is 22.2. The quantitative estimate of drug-likeness (QED) is 0.192. The second-order valence-electron chi connectivity index (χ2n) is 11.1. The predicted molar refractivity (Wildman–Crippen MR) is 172 cm³/mol. The summed E-state index contributed by atoms with van der Waals surface area (Å²) in [6.07, 6.45) is 3.93. The number of benzene rings is 3. The van der Waals surface area contributed by atoms with Crippen LogP contribution in [-0.4, -0.2) is 49.4 Å². The Hall–Kier alpha value is -5.75. The molecule has 3 aromatic carbocycles. The molecule has 6 aromatic rings. The number of hydrogen-bond donors (Lipinski definition) is 3. The minimum atomic E-state index is -1.02. The molecule has 0 spiro atoms. The van der Waals surface area contributed by atoms with Crippen LogP contribution < -0.4 is 16.2 Å². The number of anilines is 2. The van der Waals surface area contributed by atoms with Crippen molar-refractivity contribution in [1.29, 1.82) is 0 Å². The van der Waals surface area contributed by atoms with Gasteiger partial charge in [0.05, 0.1) is 18.3 Å². The number of halogens is 2. The van der Waals surface area contributed by atoms with Crippen LogP contribution >= 0.6 is 0 Å². The van der Waals surface area contributed by atoms with Gasteiger partial charge in [0.1, 0.15) is 23.4 Å². The topological polar surface area (TPSA) is 121 Å². The van der Waals surface area contributed by atoms with E-state index in [1.54, 1.807) is 0 Å². The molecule has 0 bridgehead atoms. The molecule has 0 aliphatic carbocycles. The molecule has 0 fully saturated rings. The van der Waals surface area contributed by atoms with Crippen LogP contribution in [0.5, 0.6) is 0 Å². The number of aromatic nitrogens is 5. The summed E-state index contributed by atoms with van der Waals surface area (Å²) in [5.74, 6) is -1.95. The van der Waals surface area contributed by atoms with E-state index in [-0.39, 0.29) is 18.7 Å². The van der Waals surface area contributed by atoms with E-state index in [0.717, 1.165) is 46.6 Å². The zero-order valence-electron chi connectivity index (χ0n) is 25.1. The van der Waals surface area contributed by atoms with Crippen LogP contribution in [0.25, 0.3) is 22.3 Å². The monoisotopic (exact) mass is 620 g/mol. The fourth-order valence-electron chi connectivity index (χ4n) is 5.02. The van der Waals surface area contributed by atoms with Crippen LogP contribution in [0.4, 0.5) is 20.3 Å². The van der Waals surface area contributed by atoms with Crippen molar-refractivity contribution in [2.24, 2.45) is 0 Å². The first-order valence-corrected chi connectivity index (χ1v) is 14.4. The van der Waals surface area contributed by atoms with Gasteiger partial charge in [-0.3, -0.25) is 14.2 Å². The summed E-state index contributed by atoms with van der Waals surface area (Å²) >= 11 is 0. The fourth-order valence-corrected chi connectivity index (χ4v) is 5.02. The molecule has 0 aliphatic rings. The summed E-state index contributed by atoms with van der Waals surface area (Å²) in [7, 11) is 4.08. The molecule has 1 amide bonds. The molecule has 0 atom stereocenters. The van der Waals surface area contributed by atoms with Gasteiger partial charge in [0, 0.05) is 30.7 Å². The Morgan fingerprint density at radius 1 is 0.913 bits per heavy atom. The van der Waals surface area contributed by atoms with Gasteiger partial charge in [-0.2, -0.15) is 0 Å². The number of rotatable bonds is 10. The van der Waals surface area contributed by atoms with Crippen LogP contribution in [0.1, 0.15) is 27.0 Å². The molecule has 3 heterocycles. The lowest BCUT2D eigenvalue weighted by Crippen LogP contribution is -2.33. The Labute approximate surface area is 262 Å². The summed E-state index contributed by atoms with van der Waals surface area (Å²) < 4.78 is 28.0. The van der Waals surface area contributed by atoms with Crippen molar-refractivity contribution < 1.29 is 13.6 Å². The Bertz CT molecular complexity index is 2070. The van der Waals surface area contributed by atoms with Gasteiger partial charge in [0.25, 0.3) is 11.5 Å². The molecule has 46 heavy (non-hydrogen) atoms. The number of carbonyl (C=O) groups excluding carboxylic acids is 1. The highest BCUT2D eigenvalue weighted by Gasteiger charge is 2.14. The molecule has 3 aromatic heterocycles. The summed E-state index contributed by atoms with van der Waals surface area (Å²) in [6.45, 7) is 0.974. The van der Waals surface area contributed by atoms with E-state index in [1.807, 2.05) is 44.4 Å². The van der Waals surface area contributed by atoms with Gasteiger partial charge in [0.15, 0.2) is 11.6 Å². The Morgan fingerprint density at radius 3 is 2.39 bits per heavy atom. The SMILES string of the molecule is CN(C)Cc1ccc(-c2cc3c(Nc4ccc(CNC(=O)c5cncn(Cc6ccc(F)c(F)c6)c5=O)cc4)ncnc3[nH]2)cc1. The lowest BCUT2D eigenvalue weighted by molar-refractivity contribution is 0.0948. The van der Waals surface area contributed by atoms with E-state index < -0.39 is 23.1 Å². The number of nitrogens with zero attached hydrogens (tertiary/aromatic N) is 5. The summed E-state index contributed by atoms with van der Waals surface area (Å²) in [4.78, 5) is 44.0. The molecule has 3 N–H and O–H groups in total. The molecule has 0 radical (unpaired) electrons. The number of nitrogens with one attached hydrogen (secondary N) is 3. The number of amides is 1. The Morgan fingerprint density at radius 2 is 1.65 bits per heavy atom. The Kier molecular flexibility index (Phi) is 8.61. The van der Waals surface area contributed by atoms with Crippen molar-refractivity contribution >= 4 is 28.4 Å². The van der Waals surface area contributed by atoms with Crippen LogP contribution in [-0.2, 0) is 19.6 Å². The maximum Gasteiger partial charge on any atom is 0.266 e. The average Bonchev–Trinajstić information content (AvgIpc) is 3.49. The van der Waals surface area contributed by atoms with Gasteiger partial charge in [0.2, 0.25) is 0 Å². The highest BCUT2D eigenvalue weighted by Crippen LogP contribution is 2.29. The maximum absolute atomic E-state index is 13.6. The minimum absolute atomic E-state index is 0.0640. The normalized spacial score (nSPS) is 11.2. The third-order valence-corrected chi connectivity index (χ3v) is 7.34. The highest BCUT2D eigenvalue weighted by atomic mass is 19.2. The number of carbonyl (C=O) groups is 1. The first kappa shape index (κ1) is 30.3. The lowest BCUT2D eigenvalue weighted by Gasteiger charge is -2.10. The van der Waals surface area contributed by atoms with Crippen molar-refractivity contribution in [3.05, 3.63) is 136 Å². The number of hydrogen-bond acceptors (Lipinski definition) is 7. The van der Waals surface area contributed by atoms with Gasteiger partial charge < -0.3 is 20.5 Å². The van der Waals surface area contributed by atoms with E-state index in [9.17, 15) is 18.4 Å². The predicted octanol–water partition coefficient (Wildman–Crippen LogP) is 5.24. The van der Waals surface area contributed by atoms with Crippen LogP contribution in [0.15, 0.2) is 96.4 Å². The van der Waals surface area contributed by atoms with Gasteiger partial charge in [-0.15, -0.1) is 0 Å². The molecule has 0 saturated carbocycles. The summed E-state index contributed by atoms with van der Waals surface area (Å²) in [5, 5.41) is 6.92. The molecule has 12 heteroatoms. The van der Waals surface area contributed by atoms with Crippen molar-refractivity contribution in [3.8, 4) is 11.3 Å². The van der Waals surface area contributed by atoms with E-state index in [4.69, 9.17) is 0 Å². The van der Waals surface area contributed by atoms with Crippen molar-refractivity contribution in [3.63, 3.8) is 0 Å². The Balaban J connectivity index is 1.10. The standard InChI is InChI=1S/C34H30F2N8O2/c1-43(2)17-22-3-8-24(9-4-22)30-14-26-31(39-19-40-32(26)42-30)41-25-10-5-21(6-11-25)15-38-33(45)27-16-37-20-44(34(27)46)18-23-7-12-28(35)29(36)13-23/h3-14,16,19-20H,15,17-18H2,1-2H3,(H,38,45)(H2,39,40,41,42). The zero-order valence-corrected chi connectivity index (χ0v) is 25.1. The van der Waals surface area contributed by atoms with Crippen molar-refractivity contribution in [2.75, 3.05) is 19.4 Å². The van der Waals surface area contributed by atoms with E-state index in [1.165, 1.54) is 35.0 Å². The zero-order chi connectivity index (χ0) is 32.2. The second-order valence-corrected chi connectivity index (χ2v) is 11.1. The molecule has 10 nitrogen and oxygen atoms in total. The molecule has 0 saturated heterocycles. The summed E-state index contributed by atoms with van der Waals surface area (Å²) in [5.41, 5.74) is 5.12. The molecule has 232 valence electrons. The van der Waals surface area contributed by atoms with Crippen LogP contribution in [0.2, 0.25) is 0 Å². The van der Waals surface area contributed by atoms with Crippen molar-refractivity contribution in [1.82, 2.24) is 34.7 Å². The fraction of sp³-hybridized carbons (Fsp3) is 0.147. The molecule has 6 rings (SSSR count). The average molecular weight is 621 g/mol. The maximum atomic E-state index is 13.6. The molecule has 0 aliphatic heterocycles. The molecular formula is C34H30F2N8O2. The minimum Gasteiger partial charge on any atom is -0.348 e. The third kappa shape index (κ3) is 6.81. The van der Waals surface area contributed by atoms with Crippen LogP contribution in [0.3, 0.4) is 0 Å². The largest absolute Gasteiger partial charge is 0.348 e. The smallest absolute Gasteiger partial charge is 0.266 e. The molecule has 0 unspecified atom stereocenters. The first-order valence-electron chi connectivity index (χ1n) is 14.4. The van der Waals surface area contributed by atoms with Gasteiger partial charge in [-0.05, 0) is 66.7 Å². The third-order valence-electron chi connectivity index (χ3n) is 7.34. The van der Waals surface area contributed by atoms with E-state index in [0.29, 0.717) is 17.0 Å². The van der Waals surface area contributed by atoms with Gasteiger partial charge >= 0.3 is 0 Å². The van der Waals surface area contributed by atoms with Crippen molar-refractivity contribution in [2.45, 2.75) is 19.6 Å². The lowest BCUT2D eigenvalue weighted by atomic mass is 10.1. The van der Waals surface area contributed by atoms with Crippen LogP contribution in [0, 0.1) is 11.6 Å². The molecular weight excluding hydrogens is 590 g/mol. The van der Waals surface area contributed by atoms with Gasteiger partial charge in [-0.25, -0.2) is 23.7 Å². The van der Waals surface area contributed by atoms with Gasteiger partial charge in [-0.1, -0.05) is 42.5 Å². The van der Waals surface area contributed by atoms with E-state index >= 15 is 0 Å². The second kappa shape index (κ2) is 13.1. The summed E-state index contributed by atoms with van der Waals surface area (Å²) in [6, 6.07) is 21.2. The number of fused-ring (bicyclic) bond motifs is 1. The van der Waals surface area contributed by atoms with E-state index in [2.05, 4.69) is 59.7 Å². The number of H-pyrrole nitrogens is 1.